The van der Waals surface area contributed by atoms with E-state index in [1.54, 1.807) is 17.2 Å². The molecule has 0 aliphatic heterocycles. The Bertz CT molecular complexity index is 470. The molecule has 0 amide bonds. The van der Waals surface area contributed by atoms with Crippen molar-refractivity contribution in [1.29, 1.82) is 0 Å². The van der Waals surface area contributed by atoms with Crippen LogP contribution < -0.4 is 5.32 Å². The van der Waals surface area contributed by atoms with Crippen molar-refractivity contribution in [3.63, 3.8) is 0 Å². The van der Waals surface area contributed by atoms with Crippen LogP contribution >= 0.6 is 0 Å². The summed E-state index contributed by atoms with van der Waals surface area (Å²) >= 11 is 0. The summed E-state index contributed by atoms with van der Waals surface area (Å²) < 4.78 is 1.75. The lowest BCUT2D eigenvalue weighted by atomic mass is 10.1. The molecular formula is C12H17N5. The number of nitrogens with zero attached hydrogens (tertiary/aromatic N) is 4. The van der Waals surface area contributed by atoms with Crippen LogP contribution in [0.15, 0.2) is 31.1 Å². The van der Waals surface area contributed by atoms with Crippen LogP contribution in [-0.2, 0) is 6.54 Å². The van der Waals surface area contributed by atoms with Crippen LogP contribution in [0.5, 0.6) is 0 Å². The van der Waals surface area contributed by atoms with E-state index in [9.17, 15) is 0 Å². The van der Waals surface area contributed by atoms with Crippen molar-refractivity contribution in [3.8, 4) is 5.69 Å². The first kappa shape index (κ1) is 11.7. The lowest BCUT2D eigenvalue weighted by molar-refractivity contribution is 0.423. The fourth-order valence-electron chi connectivity index (χ4n) is 1.47. The van der Waals surface area contributed by atoms with Gasteiger partial charge in [-0.15, -0.1) is 0 Å². The van der Waals surface area contributed by atoms with Crippen molar-refractivity contribution in [3.05, 3.63) is 36.7 Å². The maximum atomic E-state index is 4.15. The first-order chi connectivity index (χ1) is 8.06. The summed E-state index contributed by atoms with van der Waals surface area (Å²) in [5, 5.41) is 7.58. The van der Waals surface area contributed by atoms with Gasteiger partial charge in [-0.3, -0.25) is 4.98 Å². The number of pyridine rings is 1. The van der Waals surface area contributed by atoms with Crippen molar-refractivity contribution in [2.24, 2.45) is 0 Å². The monoisotopic (exact) mass is 231 g/mol. The average Bonchev–Trinajstić information content (AvgIpc) is 2.79. The fourth-order valence-corrected chi connectivity index (χ4v) is 1.47. The first-order valence-electron chi connectivity index (χ1n) is 5.59. The van der Waals surface area contributed by atoms with Gasteiger partial charge in [0.15, 0.2) is 0 Å². The number of nitrogens with one attached hydrogen (secondary N) is 1. The molecule has 0 spiro atoms. The predicted molar refractivity (Wildman–Crippen MR) is 65.7 cm³/mol. The fraction of sp³-hybridized carbons (Fsp3) is 0.417. The minimum absolute atomic E-state index is 0.0788. The van der Waals surface area contributed by atoms with Crippen molar-refractivity contribution in [2.45, 2.75) is 32.9 Å². The molecule has 0 bridgehead atoms. The number of rotatable bonds is 3. The Kier molecular flexibility index (Phi) is 3.19. The standard InChI is InChI=1S/C12H17N5/c1-12(2,3)15-7-10-6-13-5-4-11(10)17-9-14-8-16-17/h4-6,8-9,15H,7H2,1-3H3. The van der Waals surface area contributed by atoms with Gasteiger partial charge in [-0.2, -0.15) is 5.10 Å². The van der Waals surface area contributed by atoms with Gasteiger partial charge in [0.25, 0.3) is 0 Å². The van der Waals surface area contributed by atoms with E-state index in [2.05, 4.69) is 41.2 Å². The van der Waals surface area contributed by atoms with Gasteiger partial charge in [-0.05, 0) is 26.8 Å². The van der Waals surface area contributed by atoms with Crippen LogP contribution in [0.25, 0.3) is 5.69 Å². The van der Waals surface area contributed by atoms with Gasteiger partial charge in [0, 0.05) is 30.0 Å². The third-order valence-corrected chi connectivity index (χ3v) is 2.35. The molecule has 0 unspecified atom stereocenters. The zero-order valence-corrected chi connectivity index (χ0v) is 10.4. The van der Waals surface area contributed by atoms with E-state index < -0.39 is 0 Å². The quantitative estimate of drug-likeness (QED) is 0.870. The summed E-state index contributed by atoms with van der Waals surface area (Å²) in [6, 6.07) is 1.94. The molecule has 2 rings (SSSR count). The molecule has 90 valence electrons. The van der Waals surface area contributed by atoms with Gasteiger partial charge in [0.2, 0.25) is 0 Å². The molecule has 0 saturated heterocycles. The SMILES string of the molecule is CC(C)(C)NCc1cnccc1-n1cncn1. The molecule has 0 aliphatic rings. The summed E-state index contributed by atoms with van der Waals surface area (Å²) in [7, 11) is 0. The highest BCUT2D eigenvalue weighted by Gasteiger charge is 2.11. The number of hydrogen-bond donors (Lipinski definition) is 1. The van der Waals surface area contributed by atoms with E-state index in [4.69, 9.17) is 0 Å². The average molecular weight is 231 g/mol. The van der Waals surface area contributed by atoms with E-state index in [-0.39, 0.29) is 5.54 Å². The van der Waals surface area contributed by atoms with Crippen LogP contribution in [0.2, 0.25) is 0 Å². The Morgan fingerprint density at radius 1 is 1.29 bits per heavy atom. The molecule has 17 heavy (non-hydrogen) atoms. The Morgan fingerprint density at radius 3 is 2.76 bits per heavy atom. The molecule has 0 aromatic carbocycles. The topological polar surface area (TPSA) is 55.6 Å². The van der Waals surface area contributed by atoms with Crippen LogP contribution in [0.3, 0.4) is 0 Å². The van der Waals surface area contributed by atoms with Crippen LogP contribution in [0.4, 0.5) is 0 Å². The van der Waals surface area contributed by atoms with Crippen LogP contribution in [0.1, 0.15) is 26.3 Å². The molecule has 0 aliphatic carbocycles. The second-order valence-electron chi connectivity index (χ2n) is 4.95. The van der Waals surface area contributed by atoms with E-state index in [0.29, 0.717) is 0 Å². The lowest BCUT2D eigenvalue weighted by Crippen LogP contribution is -2.35. The minimum atomic E-state index is 0.0788. The van der Waals surface area contributed by atoms with Gasteiger partial charge < -0.3 is 5.32 Å². The Morgan fingerprint density at radius 2 is 2.12 bits per heavy atom. The minimum Gasteiger partial charge on any atom is -0.308 e. The molecule has 2 aromatic heterocycles. The molecule has 0 saturated carbocycles. The van der Waals surface area contributed by atoms with Crippen LogP contribution in [-0.4, -0.2) is 25.3 Å². The molecular weight excluding hydrogens is 214 g/mol. The molecule has 0 atom stereocenters. The zero-order valence-electron chi connectivity index (χ0n) is 10.4. The first-order valence-corrected chi connectivity index (χ1v) is 5.59. The molecule has 5 nitrogen and oxygen atoms in total. The molecule has 2 heterocycles. The van der Waals surface area contributed by atoms with Gasteiger partial charge in [0.05, 0.1) is 5.69 Å². The van der Waals surface area contributed by atoms with Crippen molar-refractivity contribution < 1.29 is 0 Å². The predicted octanol–water partition coefficient (Wildman–Crippen LogP) is 1.55. The highest BCUT2D eigenvalue weighted by molar-refractivity contribution is 5.37. The maximum Gasteiger partial charge on any atom is 0.138 e. The molecule has 2 aromatic rings. The maximum absolute atomic E-state index is 4.15. The second kappa shape index (κ2) is 4.63. The zero-order chi connectivity index (χ0) is 12.3. The smallest absolute Gasteiger partial charge is 0.138 e. The number of aromatic nitrogens is 4. The summed E-state index contributed by atoms with van der Waals surface area (Å²) in [5.74, 6) is 0. The Labute approximate surface area is 101 Å². The van der Waals surface area contributed by atoms with Crippen molar-refractivity contribution in [1.82, 2.24) is 25.1 Å². The highest BCUT2D eigenvalue weighted by atomic mass is 15.3. The second-order valence-corrected chi connectivity index (χ2v) is 4.95. The third-order valence-electron chi connectivity index (χ3n) is 2.35. The van der Waals surface area contributed by atoms with Gasteiger partial charge in [-0.25, -0.2) is 9.67 Å². The van der Waals surface area contributed by atoms with Gasteiger partial charge >= 0.3 is 0 Å². The summed E-state index contributed by atoms with van der Waals surface area (Å²) in [6.07, 6.45) is 6.84. The van der Waals surface area contributed by atoms with Gasteiger partial charge in [0.1, 0.15) is 12.7 Å². The molecule has 0 fully saturated rings. The van der Waals surface area contributed by atoms with E-state index in [1.165, 1.54) is 6.33 Å². The highest BCUT2D eigenvalue weighted by Crippen LogP contribution is 2.12. The lowest BCUT2D eigenvalue weighted by Gasteiger charge is -2.21. The van der Waals surface area contributed by atoms with Crippen LogP contribution in [0, 0.1) is 0 Å². The van der Waals surface area contributed by atoms with E-state index in [1.807, 2.05) is 12.3 Å². The normalized spacial score (nSPS) is 11.7. The third kappa shape index (κ3) is 3.10. The summed E-state index contributed by atoms with van der Waals surface area (Å²) in [6.45, 7) is 7.17. The van der Waals surface area contributed by atoms with E-state index >= 15 is 0 Å². The Hall–Kier alpha value is -1.75. The Balaban J connectivity index is 2.23. The summed E-state index contributed by atoms with van der Waals surface area (Å²) in [4.78, 5) is 8.11. The van der Waals surface area contributed by atoms with Gasteiger partial charge in [-0.1, -0.05) is 0 Å². The van der Waals surface area contributed by atoms with E-state index in [0.717, 1.165) is 17.8 Å². The molecule has 5 heteroatoms. The largest absolute Gasteiger partial charge is 0.308 e. The molecule has 0 radical (unpaired) electrons. The molecule has 1 N–H and O–H groups in total. The summed E-state index contributed by atoms with van der Waals surface area (Å²) in [5.41, 5.74) is 2.19. The van der Waals surface area contributed by atoms with Crippen molar-refractivity contribution in [2.75, 3.05) is 0 Å². The van der Waals surface area contributed by atoms with Crippen molar-refractivity contribution >= 4 is 0 Å². The number of hydrogen-bond acceptors (Lipinski definition) is 4.